The molecule has 3 atom stereocenters. The Kier molecular flexibility index (Phi) is 5.25. The lowest BCUT2D eigenvalue weighted by Crippen LogP contribution is -2.44. The van der Waals surface area contributed by atoms with Crippen LogP contribution in [0.1, 0.15) is 59.1 Å². The maximum atomic E-state index is 11.0. The minimum atomic E-state index is -0.442. The molecule has 0 aromatic heterocycles. The summed E-state index contributed by atoms with van der Waals surface area (Å²) in [5, 5.41) is 11.9. The fourth-order valence-corrected chi connectivity index (χ4v) is 6.90. The summed E-state index contributed by atoms with van der Waals surface area (Å²) in [5.74, 6) is 1.57. The van der Waals surface area contributed by atoms with Crippen molar-refractivity contribution in [2.75, 3.05) is 26.7 Å². The normalized spacial score (nSPS) is 25.0. The summed E-state index contributed by atoms with van der Waals surface area (Å²) in [6.45, 7) is 3.04. The number of aliphatic hydroxyl groups is 1. The Morgan fingerprint density at radius 1 is 1.00 bits per heavy atom. The van der Waals surface area contributed by atoms with Crippen LogP contribution < -0.4 is 4.74 Å². The number of halogens is 1. The van der Waals surface area contributed by atoms with Gasteiger partial charge < -0.3 is 14.7 Å². The minimum Gasteiger partial charge on any atom is -0.497 e. The largest absolute Gasteiger partial charge is 0.497 e. The van der Waals surface area contributed by atoms with Gasteiger partial charge in [-0.2, -0.15) is 0 Å². The Morgan fingerprint density at radius 3 is 2.61 bits per heavy atom. The van der Waals surface area contributed by atoms with E-state index >= 15 is 0 Å². The van der Waals surface area contributed by atoms with Gasteiger partial charge in [0.25, 0.3) is 0 Å². The molecule has 4 heteroatoms. The Hall–Kier alpha value is -2.33. The Labute approximate surface area is 201 Å². The van der Waals surface area contributed by atoms with Crippen LogP contribution in [0, 0.1) is 5.92 Å². The third-order valence-corrected chi connectivity index (χ3v) is 8.55. The van der Waals surface area contributed by atoms with Gasteiger partial charge in [-0.3, -0.25) is 0 Å². The van der Waals surface area contributed by atoms with Crippen LogP contribution in [0.3, 0.4) is 0 Å². The number of nitrogens with zero attached hydrogens (tertiary/aromatic N) is 1. The van der Waals surface area contributed by atoms with Crippen molar-refractivity contribution < 1.29 is 9.84 Å². The Balaban J connectivity index is 1.22. The molecule has 0 amide bonds. The van der Waals surface area contributed by atoms with E-state index < -0.39 is 6.10 Å². The molecule has 33 heavy (non-hydrogen) atoms. The molecule has 3 nitrogen and oxygen atoms in total. The van der Waals surface area contributed by atoms with Gasteiger partial charge in [0.15, 0.2) is 0 Å². The maximum absolute atomic E-state index is 11.0. The number of rotatable bonds is 5. The predicted octanol–water partition coefficient (Wildman–Crippen LogP) is 5.93. The van der Waals surface area contributed by atoms with Gasteiger partial charge in [0, 0.05) is 22.9 Å². The summed E-state index contributed by atoms with van der Waals surface area (Å²) in [5.41, 5.74) is 6.86. The molecular weight excluding hydrogens is 430 g/mol. The molecule has 0 radical (unpaired) electrons. The summed E-state index contributed by atoms with van der Waals surface area (Å²) in [6.07, 6.45) is 2.71. The lowest BCUT2D eigenvalue weighted by molar-refractivity contribution is 0.0539. The fourth-order valence-electron chi connectivity index (χ4n) is 6.73. The summed E-state index contributed by atoms with van der Waals surface area (Å²) < 4.78 is 5.35. The second-order valence-corrected chi connectivity index (χ2v) is 10.4. The molecule has 0 spiro atoms. The summed E-state index contributed by atoms with van der Waals surface area (Å²) in [6, 6.07) is 23.4. The SMILES string of the molecule is COc1cccc([C@H](O)C2CCN(CC34C[C@H](c5ccccc53)c3ccc(Cl)cc34)CC2)c1. The van der Waals surface area contributed by atoms with Crippen LogP contribution in [0.15, 0.2) is 66.7 Å². The highest BCUT2D eigenvalue weighted by atomic mass is 35.5. The molecule has 1 heterocycles. The number of fused-ring (bicyclic) bond motifs is 8. The van der Waals surface area contributed by atoms with Crippen LogP contribution in [-0.2, 0) is 5.41 Å². The zero-order valence-corrected chi connectivity index (χ0v) is 19.8. The molecule has 3 aromatic carbocycles. The molecule has 2 bridgehead atoms. The van der Waals surface area contributed by atoms with E-state index in [4.69, 9.17) is 16.3 Å². The quantitative estimate of drug-likeness (QED) is 0.513. The first-order valence-corrected chi connectivity index (χ1v) is 12.4. The first-order chi connectivity index (χ1) is 16.1. The van der Waals surface area contributed by atoms with Crippen LogP contribution in [0.4, 0.5) is 0 Å². The zero-order valence-electron chi connectivity index (χ0n) is 19.0. The third kappa shape index (κ3) is 3.41. The van der Waals surface area contributed by atoms with E-state index in [-0.39, 0.29) is 11.3 Å². The van der Waals surface area contributed by atoms with E-state index in [2.05, 4.69) is 41.3 Å². The Morgan fingerprint density at radius 2 is 1.79 bits per heavy atom. The number of aliphatic hydroxyl groups excluding tert-OH is 1. The van der Waals surface area contributed by atoms with Crippen LogP contribution >= 0.6 is 11.6 Å². The molecule has 2 aliphatic carbocycles. The van der Waals surface area contributed by atoms with Crippen LogP contribution in [0.25, 0.3) is 0 Å². The highest BCUT2D eigenvalue weighted by molar-refractivity contribution is 6.30. The van der Waals surface area contributed by atoms with Crippen molar-refractivity contribution in [3.8, 4) is 5.75 Å². The molecule has 1 aliphatic heterocycles. The molecule has 0 saturated carbocycles. The summed E-state index contributed by atoms with van der Waals surface area (Å²) in [7, 11) is 1.67. The maximum Gasteiger partial charge on any atom is 0.119 e. The van der Waals surface area contributed by atoms with Crippen molar-refractivity contribution in [3.05, 3.63) is 99.6 Å². The first kappa shape index (κ1) is 21.2. The number of piperidine rings is 1. The van der Waals surface area contributed by atoms with Crippen molar-refractivity contribution in [2.45, 2.75) is 36.7 Å². The molecule has 1 saturated heterocycles. The minimum absolute atomic E-state index is 0.0275. The van der Waals surface area contributed by atoms with Crippen LogP contribution in [0.2, 0.25) is 5.02 Å². The van der Waals surface area contributed by atoms with Crippen molar-refractivity contribution in [3.63, 3.8) is 0 Å². The van der Waals surface area contributed by atoms with Crippen molar-refractivity contribution in [2.24, 2.45) is 5.92 Å². The van der Waals surface area contributed by atoms with Gasteiger partial charge in [0.2, 0.25) is 0 Å². The van der Waals surface area contributed by atoms with E-state index in [9.17, 15) is 5.11 Å². The monoisotopic (exact) mass is 459 g/mol. The average molecular weight is 460 g/mol. The topological polar surface area (TPSA) is 32.7 Å². The van der Waals surface area contributed by atoms with Gasteiger partial charge in [-0.05, 0) is 90.4 Å². The second-order valence-electron chi connectivity index (χ2n) is 9.99. The molecule has 3 aromatic rings. The van der Waals surface area contributed by atoms with E-state index in [0.717, 1.165) is 55.2 Å². The summed E-state index contributed by atoms with van der Waals surface area (Å²) >= 11 is 6.48. The predicted molar refractivity (Wildman–Crippen MR) is 132 cm³/mol. The number of hydrogen-bond donors (Lipinski definition) is 1. The molecule has 3 aliphatic rings. The lowest BCUT2D eigenvalue weighted by atomic mass is 9.74. The Bertz CT molecular complexity index is 1190. The number of methoxy groups -OCH3 is 1. The van der Waals surface area contributed by atoms with E-state index in [1.807, 2.05) is 30.3 Å². The van der Waals surface area contributed by atoms with Gasteiger partial charge in [-0.15, -0.1) is 0 Å². The standard InChI is InChI=1S/C29H30ClNO2/c1-33-22-6-4-5-20(15-22)28(32)19-11-13-31(14-12-19)18-29-17-25(23-7-2-3-8-26(23)29)24-10-9-21(30)16-27(24)29/h2-10,15-16,19,25,28,32H,11-14,17-18H2,1H3/t25-,28-,29?/m1/s1. The molecule has 170 valence electrons. The number of benzene rings is 3. The van der Waals surface area contributed by atoms with E-state index in [1.54, 1.807) is 7.11 Å². The van der Waals surface area contributed by atoms with Gasteiger partial charge in [-0.1, -0.05) is 54.1 Å². The van der Waals surface area contributed by atoms with E-state index in [0.29, 0.717) is 5.92 Å². The highest BCUT2D eigenvalue weighted by Gasteiger charge is 2.53. The first-order valence-electron chi connectivity index (χ1n) is 12.0. The summed E-state index contributed by atoms with van der Waals surface area (Å²) in [4.78, 5) is 2.62. The average Bonchev–Trinajstić information content (AvgIpc) is 3.35. The van der Waals surface area contributed by atoms with Gasteiger partial charge in [0.05, 0.1) is 13.2 Å². The third-order valence-electron chi connectivity index (χ3n) is 8.32. The van der Waals surface area contributed by atoms with Crippen molar-refractivity contribution >= 4 is 11.6 Å². The zero-order chi connectivity index (χ0) is 22.6. The van der Waals surface area contributed by atoms with E-state index in [1.165, 1.54) is 22.3 Å². The van der Waals surface area contributed by atoms with Crippen molar-refractivity contribution in [1.29, 1.82) is 0 Å². The van der Waals surface area contributed by atoms with Crippen LogP contribution in [-0.4, -0.2) is 36.8 Å². The molecular formula is C29H30ClNO2. The van der Waals surface area contributed by atoms with Gasteiger partial charge >= 0.3 is 0 Å². The molecule has 1 N–H and O–H groups in total. The van der Waals surface area contributed by atoms with Crippen molar-refractivity contribution in [1.82, 2.24) is 4.90 Å². The second kappa shape index (κ2) is 8.16. The number of likely N-dealkylation sites (tertiary alicyclic amines) is 1. The smallest absolute Gasteiger partial charge is 0.119 e. The molecule has 1 fully saturated rings. The highest BCUT2D eigenvalue weighted by Crippen LogP contribution is 2.60. The fraction of sp³-hybridized carbons (Fsp3) is 0.379. The molecule has 1 unspecified atom stereocenters. The number of hydrogen-bond acceptors (Lipinski definition) is 3. The van der Waals surface area contributed by atoms with Gasteiger partial charge in [0.1, 0.15) is 5.75 Å². The van der Waals surface area contributed by atoms with Crippen LogP contribution in [0.5, 0.6) is 5.75 Å². The molecule has 6 rings (SSSR count). The lowest BCUT2D eigenvalue weighted by Gasteiger charge is -2.40. The number of ether oxygens (including phenoxy) is 1. The van der Waals surface area contributed by atoms with Gasteiger partial charge in [-0.25, -0.2) is 0 Å².